The highest BCUT2D eigenvalue weighted by atomic mass is 15.2. The molecule has 0 bridgehead atoms. The molecule has 1 rings (SSSR count). The Kier molecular flexibility index (Phi) is 5.39. The van der Waals surface area contributed by atoms with Crippen LogP contribution in [-0.4, -0.2) is 24.5 Å². The van der Waals surface area contributed by atoms with Crippen molar-refractivity contribution in [3.63, 3.8) is 0 Å². The van der Waals surface area contributed by atoms with Gasteiger partial charge in [0.15, 0.2) is 0 Å². The summed E-state index contributed by atoms with van der Waals surface area (Å²) in [6, 6.07) is 8.90. The van der Waals surface area contributed by atoms with Gasteiger partial charge in [-0.05, 0) is 43.5 Å². The lowest BCUT2D eigenvalue weighted by Crippen LogP contribution is -2.51. The number of rotatable bonds is 5. The van der Waals surface area contributed by atoms with E-state index in [9.17, 15) is 0 Å². The third kappa shape index (κ3) is 3.24. The van der Waals surface area contributed by atoms with Crippen LogP contribution in [0.2, 0.25) is 0 Å². The van der Waals surface area contributed by atoms with E-state index in [-0.39, 0.29) is 17.0 Å². The van der Waals surface area contributed by atoms with E-state index in [1.165, 1.54) is 11.1 Å². The molecule has 0 aliphatic carbocycles. The molecule has 0 heterocycles. The van der Waals surface area contributed by atoms with Gasteiger partial charge in [0.2, 0.25) is 0 Å². The first-order valence-corrected chi connectivity index (χ1v) is 7.72. The Balaban J connectivity index is 3.11. The molecule has 1 aromatic carbocycles. The number of hydrogen-bond acceptors (Lipinski definition) is 2. The van der Waals surface area contributed by atoms with Crippen molar-refractivity contribution < 1.29 is 0 Å². The van der Waals surface area contributed by atoms with E-state index in [0.29, 0.717) is 0 Å². The molecule has 0 spiro atoms. The van der Waals surface area contributed by atoms with Crippen molar-refractivity contribution in [3.05, 3.63) is 35.4 Å². The maximum absolute atomic E-state index is 6.61. The summed E-state index contributed by atoms with van der Waals surface area (Å²) in [5.74, 6) is 0. The lowest BCUT2D eigenvalue weighted by atomic mass is 9.79. The first kappa shape index (κ1) is 17.2. The third-order valence-electron chi connectivity index (χ3n) is 4.83. The lowest BCUT2D eigenvalue weighted by Gasteiger charge is -2.43. The highest BCUT2D eigenvalue weighted by molar-refractivity contribution is 5.31. The largest absolute Gasteiger partial charge is 0.322 e. The molecule has 1 aromatic rings. The van der Waals surface area contributed by atoms with E-state index < -0.39 is 0 Å². The smallest absolute Gasteiger partial charge is 0.0481 e. The SMILES string of the molecule is CCC(CC)(C(N)c1ccc(C(C)(C)C)cc1)N(C)C. The molecule has 0 aromatic heterocycles. The van der Waals surface area contributed by atoms with Crippen LogP contribution in [0.15, 0.2) is 24.3 Å². The Bertz CT molecular complexity index is 408. The van der Waals surface area contributed by atoms with Crippen molar-refractivity contribution in [2.24, 2.45) is 5.73 Å². The Labute approximate surface area is 125 Å². The fourth-order valence-electron chi connectivity index (χ4n) is 3.10. The van der Waals surface area contributed by atoms with Crippen LogP contribution < -0.4 is 5.73 Å². The van der Waals surface area contributed by atoms with Crippen LogP contribution in [0.25, 0.3) is 0 Å². The molecule has 0 amide bonds. The zero-order chi connectivity index (χ0) is 15.6. The quantitative estimate of drug-likeness (QED) is 0.877. The van der Waals surface area contributed by atoms with Gasteiger partial charge in [0.25, 0.3) is 0 Å². The van der Waals surface area contributed by atoms with Gasteiger partial charge in [0.1, 0.15) is 0 Å². The molecule has 2 heteroatoms. The average molecular weight is 276 g/mol. The molecule has 1 unspecified atom stereocenters. The van der Waals surface area contributed by atoms with Crippen LogP contribution in [-0.2, 0) is 5.41 Å². The van der Waals surface area contributed by atoms with Gasteiger partial charge in [0, 0.05) is 11.6 Å². The van der Waals surface area contributed by atoms with E-state index in [4.69, 9.17) is 5.73 Å². The predicted molar refractivity (Wildman–Crippen MR) is 89.1 cm³/mol. The summed E-state index contributed by atoms with van der Waals surface area (Å²) in [5.41, 5.74) is 9.43. The molecule has 2 N–H and O–H groups in total. The zero-order valence-corrected chi connectivity index (χ0v) is 14.3. The minimum atomic E-state index is 0.0310. The molecule has 0 radical (unpaired) electrons. The van der Waals surface area contributed by atoms with Gasteiger partial charge in [-0.3, -0.25) is 0 Å². The molecule has 0 fully saturated rings. The van der Waals surface area contributed by atoms with Crippen LogP contribution in [0.3, 0.4) is 0 Å². The Hall–Kier alpha value is -0.860. The predicted octanol–water partition coefficient (Wildman–Crippen LogP) is 4.10. The van der Waals surface area contributed by atoms with E-state index in [1.54, 1.807) is 0 Å². The highest BCUT2D eigenvalue weighted by Gasteiger charge is 2.36. The maximum Gasteiger partial charge on any atom is 0.0481 e. The van der Waals surface area contributed by atoms with E-state index in [0.717, 1.165) is 12.8 Å². The van der Waals surface area contributed by atoms with Gasteiger partial charge in [-0.15, -0.1) is 0 Å². The van der Waals surface area contributed by atoms with Crippen molar-refractivity contribution in [2.45, 2.75) is 64.5 Å². The fraction of sp³-hybridized carbons (Fsp3) is 0.667. The van der Waals surface area contributed by atoms with Gasteiger partial charge in [-0.2, -0.15) is 0 Å². The second-order valence-electron chi connectivity index (χ2n) is 7.05. The molecular weight excluding hydrogens is 244 g/mol. The summed E-state index contributed by atoms with van der Waals surface area (Å²) < 4.78 is 0. The maximum atomic E-state index is 6.61. The Morgan fingerprint density at radius 3 is 1.75 bits per heavy atom. The fourth-order valence-corrected chi connectivity index (χ4v) is 3.10. The molecule has 1 atom stereocenters. The van der Waals surface area contributed by atoms with Crippen molar-refractivity contribution in [1.29, 1.82) is 0 Å². The number of likely N-dealkylation sites (N-methyl/N-ethyl adjacent to an activating group) is 1. The van der Waals surface area contributed by atoms with Gasteiger partial charge >= 0.3 is 0 Å². The molecular formula is C18H32N2. The van der Waals surface area contributed by atoms with E-state index in [2.05, 4.69) is 77.9 Å². The first-order chi connectivity index (χ1) is 9.19. The third-order valence-corrected chi connectivity index (χ3v) is 4.83. The summed E-state index contributed by atoms with van der Waals surface area (Å²) in [7, 11) is 4.27. The summed E-state index contributed by atoms with van der Waals surface area (Å²) >= 11 is 0. The monoisotopic (exact) mass is 276 g/mol. The molecule has 0 saturated carbocycles. The lowest BCUT2D eigenvalue weighted by molar-refractivity contribution is 0.106. The average Bonchev–Trinajstić information content (AvgIpc) is 2.39. The topological polar surface area (TPSA) is 29.3 Å². The normalized spacial score (nSPS) is 14.7. The van der Waals surface area contributed by atoms with Crippen LogP contribution in [0.1, 0.15) is 64.6 Å². The number of hydrogen-bond donors (Lipinski definition) is 1. The second kappa shape index (κ2) is 6.28. The van der Waals surface area contributed by atoms with Gasteiger partial charge in [-0.25, -0.2) is 0 Å². The second-order valence-corrected chi connectivity index (χ2v) is 7.05. The Morgan fingerprint density at radius 1 is 1.00 bits per heavy atom. The van der Waals surface area contributed by atoms with Crippen molar-refractivity contribution in [1.82, 2.24) is 4.90 Å². The van der Waals surface area contributed by atoms with Gasteiger partial charge in [0.05, 0.1) is 0 Å². The molecule has 20 heavy (non-hydrogen) atoms. The molecule has 0 aliphatic rings. The van der Waals surface area contributed by atoms with Crippen LogP contribution in [0, 0.1) is 0 Å². The standard InChI is InChI=1S/C18H32N2/c1-8-18(9-2,20(6)7)16(19)14-10-12-15(13-11-14)17(3,4)5/h10-13,16H,8-9,19H2,1-7H3. The minimum absolute atomic E-state index is 0.0310. The summed E-state index contributed by atoms with van der Waals surface area (Å²) in [6.45, 7) is 11.2. The zero-order valence-electron chi connectivity index (χ0n) is 14.3. The highest BCUT2D eigenvalue weighted by Crippen LogP contribution is 2.35. The van der Waals surface area contributed by atoms with Crippen LogP contribution >= 0.6 is 0 Å². The number of benzene rings is 1. The van der Waals surface area contributed by atoms with Gasteiger partial charge < -0.3 is 10.6 Å². The first-order valence-electron chi connectivity index (χ1n) is 7.72. The molecule has 114 valence electrons. The van der Waals surface area contributed by atoms with Crippen molar-refractivity contribution in [3.8, 4) is 0 Å². The summed E-state index contributed by atoms with van der Waals surface area (Å²) in [5, 5.41) is 0. The number of nitrogens with zero attached hydrogens (tertiary/aromatic N) is 1. The summed E-state index contributed by atoms with van der Waals surface area (Å²) in [6.07, 6.45) is 2.11. The number of nitrogens with two attached hydrogens (primary N) is 1. The van der Waals surface area contributed by atoms with Crippen LogP contribution in [0.5, 0.6) is 0 Å². The molecule has 0 aliphatic heterocycles. The van der Waals surface area contributed by atoms with Crippen molar-refractivity contribution >= 4 is 0 Å². The Morgan fingerprint density at radius 2 is 1.45 bits per heavy atom. The molecule has 2 nitrogen and oxygen atoms in total. The van der Waals surface area contributed by atoms with Crippen LogP contribution in [0.4, 0.5) is 0 Å². The molecule has 0 saturated heterocycles. The summed E-state index contributed by atoms with van der Waals surface area (Å²) in [4.78, 5) is 2.29. The van der Waals surface area contributed by atoms with Crippen molar-refractivity contribution in [2.75, 3.05) is 14.1 Å². The van der Waals surface area contributed by atoms with Gasteiger partial charge in [-0.1, -0.05) is 58.9 Å². The minimum Gasteiger partial charge on any atom is -0.322 e. The van der Waals surface area contributed by atoms with E-state index in [1.807, 2.05) is 0 Å². The van der Waals surface area contributed by atoms with E-state index >= 15 is 0 Å².